The lowest BCUT2D eigenvalue weighted by molar-refractivity contribution is 0.276. The number of nitriles is 1. The molecule has 1 aliphatic rings. The Kier molecular flexibility index (Phi) is 3.91. The normalized spacial score (nSPS) is 18.9. The summed E-state index contributed by atoms with van der Waals surface area (Å²) in [7, 11) is -2.13. The van der Waals surface area contributed by atoms with Gasteiger partial charge in [0.1, 0.15) is 5.54 Å². The van der Waals surface area contributed by atoms with Crippen molar-refractivity contribution in [3.63, 3.8) is 0 Å². The highest BCUT2D eigenvalue weighted by Gasteiger charge is 2.49. The lowest BCUT2D eigenvalue weighted by Crippen LogP contribution is -2.47. The van der Waals surface area contributed by atoms with Crippen LogP contribution in [0.3, 0.4) is 0 Å². The monoisotopic (exact) mass is 390 g/mol. The second-order valence-electron chi connectivity index (χ2n) is 4.96. The van der Waals surface area contributed by atoms with E-state index in [4.69, 9.17) is 0 Å². The predicted octanol–water partition coefficient (Wildman–Crippen LogP) is 2.60. The van der Waals surface area contributed by atoms with Gasteiger partial charge < -0.3 is 0 Å². The van der Waals surface area contributed by atoms with Gasteiger partial charge in [0.15, 0.2) is 0 Å². The second-order valence-corrected chi connectivity index (χ2v) is 8.18. The number of hydrogen-bond donors (Lipinski definition) is 0. The maximum Gasteiger partial charge on any atom is 0.244 e. The molecule has 0 unspecified atom stereocenters. The zero-order valence-corrected chi connectivity index (χ0v) is 13.8. The van der Waals surface area contributed by atoms with Crippen molar-refractivity contribution in [3.8, 4) is 6.07 Å². The average molecular weight is 390 g/mol. The molecule has 0 heterocycles. The number of sulfonamides is 1. The summed E-state index contributed by atoms with van der Waals surface area (Å²) in [5.41, 5.74) is -0.958. The Bertz CT molecular complexity index is 634. The first-order valence-electron chi connectivity index (χ1n) is 5.98. The molecule has 1 aromatic rings. The molecule has 4 nitrogen and oxygen atoms in total. The Labute approximate surface area is 127 Å². The van der Waals surface area contributed by atoms with E-state index in [1.54, 1.807) is 25.1 Å². The van der Waals surface area contributed by atoms with Crippen molar-refractivity contribution in [2.24, 2.45) is 5.92 Å². The highest BCUT2D eigenvalue weighted by Crippen LogP contribution is 2.43. The van der Waals surface area contributed by atoms with E-state index in [1.807, 2.05) is 6.07 Å². The molecule has 1 aromatic carbocycles. The van der Waals surface area contributed by atoms with Crippen LogP contribution in [0.2, 0.25) is 0 Å². The zero-order chi connectivity index (χ0) is 14.3. The van der Waals surface area contributed by atoms with Crippen molar-refractivity contribution in [3.05, 3.63) is 27.8 Å². The Hall–Kier alpha value is -0.650. The van der Waals surface area contributed by atoms with E-state index in [2.05, 4.69) is 28.7 Å². The second kappa shape index (κ2) is 5.04. The van der Waals surface area contributed by atoms with Gasteiger partial charge in [-0.3, -0.25) is 0 Å². The molecule has 0 aliphatic heterocycles. The molecule has 0 bridgehead atoms. The third kappa shape index (κ3) is 2.64. The molecule has 0 amide bonds. The number of halogens is 1. The summed E-state index contributed by atoms with van der Waals surface area (Å²) >= 11 is 2.08. The van der Waals surface area contributed by atoms with Gasteiger partial charge in [-0.15, -0.1) is 0 Å². The molecule has 0 saturated heterocycles. The SMILES string of the molecule is CN([C@@](C)(C#N)C1CC1)S(=O)(=O)c1cccc(I)c1. The summed E-state index contributed by atoms with van der Waals surface area (Å²) in [5, 5.41) is 9.37. The summed E-state index contributed by atoms with van der Waals surface area (Å²) in [4.78, 5) is 0.240. The van der Waals surface area contributed by atoms with Crippen molar-refractivity contribution < 1.29 is 8.42 Å². The Morgan fingerprint density at radius 3 is 2.58 bits per heavy atom. The quantitative estimate of drug-likeness (QED) is 0.743. The first kappa shape index (κ1) is 14.8. The van der Waals surface area contributed by atoms with Crippen molar-refractivity contribution in [2.45, 2.75) is 30.2 Å². The third-order valence-electron chi connectivity index (χ3n) is 3.71. The van der Waals surface area contributed by atoms with Gasteiger partial charge in [0.25, 0.3) is 0 Å². The molecule has 102 valence electrons. The van der Waals surface area contributed by atoms with E-state index in [0.29, 0.717) is 0 Å². The topological polar surface area (TPSA) is 61.2 Å². The fraction of sp³-hybridized carbons (Fsp3) is 0.462. The van der Waals surface area contributed by atoms with E-state index in [-0.39, 0.29) is 10.8 Å². The van der Waals surface area contributed by atoms with Crippen molar-refractivity contribution >= 4 is 32.6 Å². The van der Waals surface area contributed by atoms with Gasteiger partial charge in [0, 0.05) is 10.6 Å². The van der Waals surface area contributed by atoms with Crippen LogP contribution >= 0.6 is 22.6 Å². The van der Waals surface area contributed by atoms with Gasteiger partial charge >= 0.3 is 0 Å². The lowest BCUT2D eigenvalue weighted by atomic mass is 9.99. The van der Waals surface area contributed by atoms with Crippen LogP contribution in [0.25, 0.3) is 0 Å². The molecule has 1 aliphatic carbocycles. The molecule has 1 saturated carbocycles. The average Bonchev–Trinajstić information content (AvgIpc) is 3.21. The van der Waals surface area contributed by atoms with Gasteiger partial charge in [-0.2, -0.15) is 9.57 Å². The van der Waals surface area contributed by atoms with Crippen LogP contribution in [-0.4, -0.2) is 25.3 Å². The number of rotatable bonds is 4. The highest BCUT2D eigenvalue weighted by molar-refractivity contribution is 14.1. The standard InChI is InChI=1S/C13H15IN2O2S/c1-13(9-15,10-6-7-10)16(2)19(17,18)12-5-3-4-11(14)8-12/h3-5,8,10H,6-7H2,1-2H3/t13-/m0/s1. The van der Waals surface area contributed by atoms with Crippen LogP contribution in [0.15, 0.2) is 29.2 Å². The first-order valence-corrected chi connectivity index (χ1v) is 8.50. The molecule has 1 fully saturated rings. The minimum atomic E-state index is -3.63. The molecule has 0 spiro atoms. The molecule has 2 rings (SSSR count). The van der Waals surface area contributed by atoms with Gasteiger partial charge in [0.05, 0.1) is 11.0 Å². The Balaban J connectivity index is 2.42. The van der Waals surface area contributed by atoms with Crippen LogP contribution in [0.4, 0.5) is 0 Å². The maximum atomic E-state index is 12.6. The summed E-state index contributed by atoms with van der Waals surface area (Å²) in [6.45, 7) is 1.70. The van der Waals surface area contributed by atoms with Gasteiger partial charge in [-0.1, -0.05) is 6.07 Å². The number of hydrogen-bond acceptors (Lipinski definition) is 3. The van der Waals surface area contributed by atoms with E-state index in [9.17, 15) is 13.7 Å². The van der Waals surface area contributed by atoms with Crippen molar-refractivity contribution in [1.29, 1.82) is 5.26 Å². The minimum Gasteiger partial charge on any atom is -0.207 e. The lowest BCUT2D eigenvalue weighted by Gasteiger charge is -2.32. The molecule has 19 heavy (non-hydrogen) atoms. The van der Waals surface area contributed by atoms with Gasteiger partial charge in [0.2, 0.25) is 10.0 Å². The molecule has 0 radical (unpaired) electrons. The number of benzene rings is 1. The van der Waals surface area contributed by atoms with E-state index in [0.717, 1.165) is 16.4 Å². The minimum absolute atomic E-state index is 0.139. The van der Waals surface area contributed by atoms with Crippen molar-refractivity contribution in [1.82, 2.24) is 4.31 Å². The third-order valence-corrected chi connectivity index (χ3v) is 6.33. The smallest absolute Gasteiger partial charge is 0.207 e. The van der Waals surface area contributed by atoms with Crippen LogP contribution in [-0.2, 0) is 10.0 Å². The summed E-state index contributed by atoms with van der Waals surface area (Å²) in [6, 6.07) is 8.91. The molecule has 0 N–H and O–H groups in total. The van der Waals surface area contributed by atoms with E-state index in [1.165, 1.54) is 11.4 Å². The maximum absolute atomic E-state index is 12.6. The number of nitrogens with zero attached hydrogens (tertiary/aromatic N) is 2. The Morgan fingerprint density at radius 1 is 1.47 bits per heavy atom. The fourth-order valence-corrected chi connectivity index (χ4v) is 4.39. The van der Waals surface area contributed by atoms with Crippen LogP contribution in [0.5, 0.6) is 0 Å². The summed E-state index contributed by atoms with van der Waals surface area (Å²) in [5.74, 6) is 0.139. The Morgan fingerprint density at radius 2 is 2.11 bits per heavy atom. The molecule has 1 atom stereocenters. The van der Waals surface area contributed by atoms with Crippen LogP contribution < -0.4 is 0 Å². The van der Waals surface area contributed by atoms with E-state index < -0.39 is 15.6 Å². The molecular weight excluding hydrogens is 375 g/mol. The largest absolute Gasteiger partial charge is 0.244 e. The van der Waals surface area contributed by atoms with E-state index >= 15 is 0 Å². The van der Waals surface area contributed by atoms with Crippen molar-refractivity contribution in [2.75, 3.05) is 7.05 Å². The predicted molar refractivity (Wildman–Crippen MR) is 80.8 cm³/mol. The first-order chi connectivity index (χ1) is 8.82. The van der Waals surface area contributed by atoms with Crippen LogP contribution in [0.1, 0.15) is 19.8 Å². The van der Waals surface area contributed by atoms with Crippen LogP contribution in [0, 0.1) is 20.8 Å². The summed E-state index contributed by atoms with van der Waals surface area (Å²) in [6.07, 6.45) is 1.83. The van der Waals surface area contributed by atoms with Gasteiger partial charge in [-0.25, -0.2) is 8.42 Å². The zero-order valence-electron chi connectivity index (χ0n) is 10.8. The summed E-state index contributed by atoms with van der Waals surface area (Å²) < 4.78 is 27.3. The molecule has 0 aromatic heterocycles. The highest BCUT2D eigenvalue weighted by atomic mass is 127. The van der Waals surface area contributed by atoms with Gasteiger partial charge in [-0.05, 0) is 66.5 Å². The fourth-order valence-electron chi connectivity index (χ4n) is 2.10. The molecule has 6 heteroatoms. The molecular formula is C13H15IN2O2S.